The zero-order chi connectivity index (χ0) is 12.7. The fraction of sp³-hybridized carbons (Fsp3) is 0.818. The normalized spacial score (nSPS) is 16.2. The summed E-state index contributed by atoms with van der Waals surface area (Å²) in [5.41, 5.74) is 0. The zero-order valence-electron chi connectivity index (χ0n) is 10.4. The molecule has 0 radical (unpaired) electrons. The van der Waals surface area contributed by atoms with Crippen molar-refractivity contribution in [2.24, 2.45) is 11.8 Å². The summed E-state index contributed by atoms with van der Waals surface area (Å²) in [6.07, 6.45) is 0.720. The fourth-order valence-electron chi connectivity index (χ4n) is 1.38. The highest BCUT2D eigenvalue weighted by Crippen LogP contribution is 2.08. The molecule has 0 fully saturated rings. The van der Waals surface area contributed by atoms with E-state index in [9.17, 15) is 9.59 Å². The van der Waals surface area contributed by atoms with Gasteiger partial charge in [-0.15, -0.1) is 0 Å². The van der Waals surface area contributed by atoms with E-state index in [-0.39, 0.29) is 17.7 Å². The maximum atomic E-state index is 11.7. The molecule has 0 aromatic heterocycles. The Kier molecular flexibility index (Phi) is 6.72. The molecule has 3 atom stereocenters. The minimum absolute atomic E-state index is 0.0664. The van der Waals surface area contributed by atoms with Crippen LogP contribution in [0.15, 0.2) is 0 Å². The highest BCUT2D eigenvalue weighted by molar-refractivity contribution is 5.85. The number of aliphatic carboxylic acids is 1. The first-order valence-corrected chi connectivity index (χ1v) is 5.61. The Hall–Kier alpha value is -1.10. The molecular formula is C11H22N2O3. The third-order valence-electron chi connectivity index (χ3n) is 2.73. The lowest BCUT2D eigenvalue weighted by Gasteiger charge is -2.22. The third kappa shape index (κ3) is 4.61. The minimum Gasteiger partial charge on any atom is -0.480 e. The molecule has 0 aliphatic carbocycles. The van der Waals surface area contributed by atoms with Crippen LogP contribution in [-0.4, -0.2) is 36.6 Å². The van der Waals surface area contributed by atoms with Gasteiger partial charge in [0, 0.05) is 12.5 Å². The van der Waals surface area contributed by atoms with Gasteiger partial charge in [0.25, 0.3) is 0 Å². The van der Waals surface area contributed by atoms with E-state index in [4.69, 9.17) is 5.11 Å². The first kappa shape index (κ1) is 14.9. The molecule has 0 heterocycles. The summed E-state index contributed by atoms with van der Waals surface area (Å²) in [6, 6.07) is -0.795. The van der Waals surface area contributed by atoms with Crippen LogP contribution < -0.4 is 10.6 Å². The molecule has 5 nitrogen and oxygen atoms in total. The first-order valence-electron chi connectivity index (χ1n) is 5.61. The fourth-order valence-corrected chi connectivity index (χ4v) is 1.38. The SMILES string of the molecule is CC[C@H](C)[C@H](NC(=O)C(C)CNC)C(=O)O. The van der Waals surface area contributed by atoms with E-state index >= 15 is 0 Å². The van der Waals surface area contributed by atoms with Crippen molar-refractivity contribution in [3.05, 3.63) is 0 Å². The van der Waals surface area contributed by atoms with E-state index in [1.165, 1.54) is 0 Å². The van der Waals surface area contributed by atoms with Crippen LogP contribution in [0.5, 0.6) is 0 Å². The molecule has 0 aliphatic heterocycles. The van der Waals surface area contributed by atoms with Crippen molar-refractivity contribution in [2.75, 3.05) is 13.6 Å². The number of carboxylic acids is 1. The van der Waals surface area contributed by atoms with Crippen LogP contribution in [0.2, 0.25) is 0 Å². The van der Waals surface area contributed by atoms with Crippen molar-refractivity contribution >= 4 is 11.9 Å². The highest BCUT2D eigenvalue weighted by Gasteiger charge is 2.26. The van der Waals surface area contributed by atoms with Gasteiger partial charge in [0.2, 0.25) is 5.91 Å². The number of carbonyl (C=O) groups excluding carboxylic acids is 1. The lowest BCUT2D eigenvalue weighted by Crippen LogP contribution is -2.48. The number of carboxylic acid groups (broad SMARTS) is 1. The molecule has 16 heavy (non-hydrogen) atoms. The van der Waals surface area contributed by atoms with Crippen LogP contribution in [0.1, 0.15) is 27.2 Å². The van der Waals surface area contributed by atoms with Gasteiger partial charge in [-0.1, -0.05) is 27.2 Å². The molecule has 94 valence electrons. The topological polar surface area (TPSA) is 78.4 Å². The molecule has 0 bridgehead atoms. The van der Waals surface area contributed by atoms with Crippen LogP contribution in [0.25, 0.3) is 0 Å². The highest BCUT2D eigenvalue weighted by atomic mass is 16.4. The molecule has 0 aromatic rings. The van der Waals surface area contributed by atoms with Crippen molar-refractivity contribution < 1.29 is 14.7 Å². The largest absolute Gasteiger partial charge is 0.480 e. The summed E-state index contributed by atoms with van der Waals surface area (Å²) in [5.74, 6) is -1.49. The molecule has 0 aromatic carbocycles. The molecule has 1 amide bonds. The van der Waals surface area contributed by atoms with Crippen LogP contribution in [0, 0.1) is 11.8 Å². The van der Waals surface area contributed by atoms with Gasteiger partial charge in [-0.2, -0.15) is 0 Å². The standard InChI is InChI=1S/C11H22N2O3/c1-5-7(2)9(11(15)16)13-10(14)8(3)6-12-4/h7-9,12H,5-6H2,1-4H3,(H,13,14)(H,15,16)/t7-,8?,9-/m0/s1. The predicted octanol–water partition coefficient (Wildman–Crippen LogP) is 0.457. The van der Waals surface area contributed by atoms with Gasteiger partial charge in [-0.05, 0) is 13.0 Å². The molecular weight excluding hydrogens is 208 g/mol. The second-order valence-corrected chi connectivity index (χ2v) is 4.17. The molecule has 0 aliphatic rings. The molecule has 1 unspecified atom stereocenters. The van der Waals surface area contributed by atoms with Gasteiger partial charge in [-0.3, -0.25) is 4.79 Å². The number of hydrogen-bond donors (Lipinski definition) is 3. The van der Waals surface area contributed by atoms with Gasteiger partial charge in [0.05, 0.1) is 0 Å². The Morgan fingerprint density at radius 2 is 1.88 bits per heavy atom. The smallest absolute Gasteiger partial charge is 0.326 e. The summed E-state index contributed by atoms with van der Waals surface area (Å²) in [5, 5.41) is 14.5. The van der Waals surface area contributed by atoms with E-state index in [2.05, 4.69) is 10.6 Å². The van der Waals surface area contributed by atoms with E-state index in [0.717, 1.165) is 6.42 Å². The monoisotopic (exact) mass is 230 g/mol. The maximum absolute atomic E-state index is 11.7. The quantitative estimate of drug-likeness (QED) is 0.593. The van der Waals surface area contributed by atoms with Crippen molar-refractivity contribution in [2.45, 2.75) is 33.2 Å². The second kappa shape index (κ2) is 7.22. The Balaban J connectivity index is 4.40. The Labute approximate surface area is 96.6 Å². The lowest BCUT2D eigenvalue weighted by molar-refractivity contribution is -0.143. The lowest BCUT2D eigenvalue weighted by atomic mass is 9.98. The summed E-state index contributed by atoms with van der Waals surface area (Å²) < 4.78 is 0. The second-order valence-electron chi connectivity index (χ2n) is 4.17. The number of hydrogen-bond acceptors (Lipinski definition) is 3. The van der Waals surface area contributed by atoms with E-state index in [1.807, 2.05) is 13.8 Å². The number of carbonyl (C=O) groups is 2. The number of nitrogens with one attached hydrogen (secondary N) is 2. The van der Waals surface area contributed by atoms with Crippen molar-refractivity contribution in [3.63, 3.8) is 0 Å². The molecule has 0 saturated carbocycles. The average molecular weight is 230 g/mol. The Morgan fingerprint density at radius 3 is 2.25 bits per heavy atom. The van der Waals surface area contributed by atoms with Gasteiger partial charge >= 0.3 is 5.97 Å². The molecule has 5 heteroatoms. The van der Waals surface area contributed by atoms with E-state index in [1.54, 1.807) is 14.0 Å². The first-order chi connectivity index (χ1) is 7.43. The van der Waals surface area contributed by atoms with Crippen LogP contribution in [0.4, 0.5) is 0 Å². The van der Waals surface area contributed by atoms with Crippen molar-refractivity contribution in [1.82, 2.24) is 10.6 Å². The minimum atomic E-state index is -0.973. The van der Waals surface area contributed by atoms with Crippen LogP contribution in [-0.2, 0) is 9.59 Å². The number of amides is 1. The summed E-state index contributed by atoms with van der Waals surface area (Å²) >= 11 is 0. The average Bonchev–Trinajstić information content (AvgIpc) is 2.24. The Bertz CT molecular complexity index is 243. The van der Waals surface area contributed by atoms with Crippen molar-refractivity contribution in [1.29, 1.82) is 0 Å². The molecule has 0 saturated heterocycles. The summed E-state index contributed by atoms with van der Waals surface area (Å²) in [6.45, 7) is 6.03. The van der Waals surface area contributed by atoms with Gasteiger partial charge < -0.3 is 15.7 Å². The predicted molar refractivity (Wildman–Crippen MR) is 62.1 cm³/mol. The number of rotatable bonds is 7. The maximum Gasteiger partial charge on any atom is 0.326 e. The Morgan fingerprint density at radius 1 is 1.31 bits per heavy atom. The summed E-state index contributed by atoms with van der Waals surface area (Å²) in [4.78, 5) is 22.6. The molecule has 0 rings (SSSR count). The van der Waals surface area contributed by atoms with Gasteiger partial charge in [0.15, 0.2) is 0 Å². The summed E-state index contributed by atoms with van der Waals surface area (Å²) in [7, 11) is 1.76. The van der Waals surface area contributed by atoms with E-state index in [0.29, 0.717) is 6.54 Å². The molecule has 0 spiro atoms. The zero-order valence-corrected chi connectivity index (χ0v) is 10.4. The van der Waals surface area contributed by atoms with Crippen molar-refractivity contribution in [3.8, 4) is 0 Å². The van der Waals surface area contributed by atoms with E-state index < -0.39 is 12.0 Å². The van der Waals surface area contributed by atoms with Crippen LogP contribution in [0.3, 0.4) is 0 Å². The van der Waals surface area contributed by atoms with Crippen LogP contribution >= 0.6 is 0 Å². The van der Waals surface area contributed by atoms with Gasteiger partial charge in [-0.25, -0.2) is 4.79 Å². The van der Waals surface area contributed by atoms with Gasteiger partial charge in [0.1, 0.15) is 6.04 Å². The molecule has 3 N–H and O–H groups in total. The third-order valence-corrected chi connectivity index (χ3v) is 2.73.